The summed E-state index contributed by atoms with van der Waals surface area (Å²) in [6, 6.07) is 5.63. The van der Waals surface area contributed by atoms with Gasteiger partial charge in [0.15, 0.2) is 0 Å². The number of hydrogen-bond acceptors (Lipinski definition) is 3. The largest absolute Gasteiger partial charge is 0.316 e. The highest BCUT2D eigenvalue weighted by Crippen LogP contribution is 2.24. The topological polar surface area (TPSA) is 58.2 Å². The van der Waals surface area contributed by atoms with Crippen molar-refractivity contribution in [1.29, 1.82) is 0 Å². The maximum atomic E-state index is 12.4. The molecule has 1 fully saturated rings. The van der Waals surface area contributed by atoms with Crippen molar-refractivity contribution in [3.63, 3.8) is 0 Å². The number of fused-ring (bicyclic) bond motifs is 1. The van der Waals surface area contributed by atoms with Crippen LogP contribution < -0.4 is 10.0 Å². The van der Waals surface area contributed by atoms with Crippen LogP contribution in [0.15, 0.2) is 23.1 Å². The van der Waals surface area contributed by atoms with Gasteiger partial charge in [-0.05, 0) is 87.2 Å². The van der Waals surface area contributed by atoms with Gasteiger partial charge in [-0.3, -0.25) is 0 Å². The predicted octanol–water partition coefficient (Wildman–Crippen LogP) is 2.66. The molecule has 0 saturated carbocycles. The van der Waals surface area contributed by atoms with Gasteiger partial charge in [0.2, 0.25) is 10.0 Å². The lowest BCUT2D eigenvalue weighted by molar-refractivity contribution is 0.358. The van der Waals surface area contributed by atoms with Crippen molar-refractivity contribution >= 4 is 22.4 Å². The second-order valence-corrected chi connectivity index (χ2v) is 8.30. The van der Waals surface area contributed by atoms with Gasteiger partial charge >= 0.3 is 0 Å². The molecule has 1 aromatic rings. The summed E-state index contributed by atoms with van der Waals surface area (Å²) in [6.07, 6.45) is 7.78. The van der Waals surface area contributed by atoms with Crippen LogP contribution in [-0.4, -0.2) is 28.1 Å². The summed E-state index contributed by atoms with van der Waals surface area (Å²) >= 11 is 0. The van der Waals surface area contributed by atoms with Crippen molar-refractivity contribution in [3.05, 3.63) is 29.3 Å². The minimum Gasteiger partial charge on any atom is -0.316 e. The maximum Gasteiger partial charge on any atom is 0.240 e. The van der Waals surface area contributed by atoms with Crippen molar-refractivity contribution in [2.24, 2.45) is 5.92 Å². The van der Waals surface area contributed by atoms with Gasteiger partial charge in [-0.2, -0.15) is 0 Å². The van der Waals surface area contributed by atoms with Gasteiger partial charge in [0.1, 0.15) is 0 Å². The minimum absolute atomic E-state index is 0. The lowest BCUT2D eigenvalue weighted by Crippen LogP contribution is -2.33. The second kappa shape index (κ2) is 8.47. The molecule has 0 amide bonds. The van der Waals surface area contributed by atoms with Crippen LogP contribution in [0.3, 0.4) is 0 Å². The normalized spacial score (nSPS) is 21.3. The van der Waals surface area contributed by atoms with Gasteiger partial charge in [-0.1, -0.05) is 6.07 Å². The molecule has 0 radical (unpaired) electrons. The van der Waals surface area contributed by atoms with E-state index in [1.54, 1.807) is 6.07 Å². The number of nitrogens with one attached hydrogen (secondary N) is 2. The molecule has 0 spiro atoms. The van der Waals surface area contributed by atoms with Crippen LogP contribution in [0.5, 0.6) is 0 Å². The molecule has 1 saturated heterocycles. The molecule has 4 nitrogen and oxygen atoms in total. The molecular weight excluding hydrogens is 332 g/mol. The van der Waals surface area contributed by atoms with Crippen LogP contribution in [0, 0.1) is 5.92 Å². The molecule has 1 aliphatic carbocycles. The number of sulfonamides is 1. The van der Waals surface area contributed by atoms with E-state index in [1.807, 2.05) is 12.1 Å². The van der Waals surface area contributed by atoms with E-state index in [9.17, 15) is 8.42 Å². The third-order valence-corrected chi connectivity index (χ3v) is 6.33. The van der Waals surface area contributed by atoms with Crippen LogP contribution in [0.1, 0.15) is 43.2 Å². The fraction of sp³-hybridized carbons (Fsp3) is 0.647. The summed E-state index contributed by atoms with van der Waals surface area (Å²) in [5.74, 6) is 0.597. The van der Waals surface area contributed by atoms with Crippen molar-refractivity contribution in [3.8, 4) is 0 Å². The van der Waals surface area contributed by atoms with Gasteiger partial charge in [0.25, 0.3) is 0 Å². The average Bonchev–Trinajstić information content (AvgIpc) is 2.55. The van der Waals surface area contributed by atoms with Crippen molar-refractivity contribution in [2.75, 3.05) is 19.6 Å². The number of benzene rings is 1. The summed E-state index contributed by atoms with van der Waals surface area (Å²) in [5, 5.41) is 3.37. The summed E-state index contributed by atoms with van der Waals surface area (Å²) < 4.78 is 27.6. The van der Waals surface area contributed by atoms with E-state index >= 15 is 0 Å². The second-order valence-electron chi connectivity index (χ2n) is 6.54. The Bertz CT molecular complexity index is 613. The first-order valence-electron chi connectivity index (χ1n) is 8.47. The Morgan fingerprint density at radius 3 is 2.65 bits per heavy atom. The summed E-state index contributed by atoms with van der Waals surface area (Å²) in [7, 11) is -3.36. The third kappa shape index (κ3) is 4.92. The van der Waals surface area contributed by atoms with E-state index in [0.29, 0.717) is 17.4 Å². The van der Waals surface area contributed by atoms with Crippen molar-refractivity contribution in [1.82, 2.24) is 10.0 Å². The molecule has 3 rings (SSSR count). The van der Waals surface area contributed by atoms with Gasteiger partial charge in [-0.15, -0.1) is 12.4 Å². The number of hydrogen-bond donors (Lipinski definition) is 2. The lowest BCUT2D eigenvalue weighted by atomic mass is 9.92. The SMILES string of the molecule is Cl.O=S(=O)(NCCC1CCCNC1)c1ccc2c(c1)CCCC2. The van der Waals surface area contributed by atoms with Gasteiger partial charge in [0, 0.05) is 6.54 Å². The Morgan fingerprint density at radius 1 is 1.13 bits per heavy atom. The van der Waals surface area contributed by atoms with Crippen LogP contribution >= 0.6 is 12.4 Å². The highest BCUT2D eigenvalue weighted by Gasteiger charge is 2.18. The Morgan fingerprint density at radius 2 is 1.91 bits per heavy atom. The molecule has 1 heterocycles. The van der Waals surface area contributed by atoms with Crippen LogP contribution in [0.25, 0.3) is 0 Å². The van der Waals surface area contributed by atoms with E-state index in [1.165, 1.54) is 36.8 Å². The number of rotatable bonds is 5. The summed E-state index contributed by atoms with van der Waals surface area (Å²) in [4.78, 5) is 0.426. The molecule has 0 bridgehead atoms. The molecule has 130 valence electrons. The molecule has 6 heteroatoms. The van der Waals surface area contributed by atoms with E-state index in [0.717, 1.165) is 32.4 Å². The first kappa shape index (κ1) is 18.7. The van der Waals surface area contributed by atoms with E-state index in [2.05, 4.69) is 10.0 Å². The molecule has 1 atom stereocenters. The Kier molecular flexibility index (Phi) is 6.89. The van der Waals surface area contributed by atoms with Crippen LogP contribution in [0.2, 0.25) is 0 Å². The molecular formula is C17H27ClN2O2S. The minimum atomic E-state index is -3.36. The first-order valence-corrected chi connectivity index (χ1v) is 9.96. The highest BCUT2D eigenvalue weighted by atomic mass is 35.5. The molecule has 2 aliphatic rings. The summed E-state index contributed by atoms with van der Waals surface area (Å²) in [5.41, 5.74) is 2.53. The van der Waals surface area contributed by atoms with Gasteiger partial charge < -0.3 is 5.32 Å². The Balaban J connectivity index is 0.00000192. The Labute approximate surface area is 145 Å². The zero-order valence-electron chi connectivity index (χ0n) is 13.5. The molecule has 1 aromatic carbocycles. The van der Waals surface area contributed by atoms with Crippen molar-refractivity contribution in [2.45, 2.75) is 49.8 Å². The van der Waals surface area contributed by atoms with E-state index < -0.39 is 10.0 Å². The summed E-state index contributed by atoms with van der Waals surface area (Å²) in [6.45, 7) is 2.64. The predicted molar refractivity (Wildman–Crippen MR) is 95.7 cm³/mol. The molecule has 23 heavy (non-hydrogen) atoms. The molecule has 1 unspecified atom stereocenters. The zero-order valence-corrected chi connectivity index (χ0v) is 15.1. The first-order chi connectivity index (χ1) is 10.6. The van der Waals surface area contributed by atoms with Gasteiger partial charge in [-0.25, -0.2) is 13.1 Å². The average molecular weight is 359 g/mol. The zero-order chi connectivity index (χ0) is 15.4. The lowest BCUT2D eigenvalue weighted by Gasteiger charge is -2.22. The van der Waals surface area contributed by atoms with Gasteiger partial charge in [0.05, 0.1) is 4.90 Å². The molecule has 2 N–H and O–H groups in total. The van der Waals surface area contributed by atoms with E-state index in [4.69, 9.17) is 0 Å². The van der Waals surface area contributed by atoms with E-state index in [-0.39, 0.29) is 12.4 Å². The maximum absolute atomic E-state index is 12.4. The Hall–Kier alpha value is -0.620. The van der Waals surface area contributed by atoms with Crippen molar-refractivity contribution < 1.29 is 8.42 Å². The highest BCUT2D eigenvalue weighted by molar-refractivity contribution is 7.89. The molecule has 1 aliphatic heterocycles. The third-order valence-electron chi connectivity index (χ3n) is 4.87. The fourth-order valence-electron chi connectivity index (χ4n) is 3.53. The van der Waals surface area contributed by atoms with Crippen LogP contribution in [-0.2, 0) is 22.9 Å². The number of aryl methyl sites for hydroxylation is 2. The standard InChI is InChI=1S/C17H26N2O2S.ClH/c20-22(21,19-11-9-14-4-3-10-18-13-14)17-8-7-15-5-1-2-6-16(15)12-17;/h7-8,12,14,18-19H,1-6,9-11,13H2;1H. The monoisotopic (exact) mass is 358 g/mol. The smallest absolute Gasteiger partial charge is 0.240 e. The number of piperidine rings is 1. The molecule has 0 aromatic heterocycles. The fourth-order valence-corrected chi connectivity index (χ4v) is 4.63. The number of halogens is 1. The quantitative estimate of drug-likeness (QED) is 0.850. The van der Waals surface area contributed by atoms with Crippen LogP contribution in [0.4, 0.5) is 0 Å².